The van der Waals surface area contributed by atoms with Gasteiger partial charge >= 0.3 is 6.09 Å². The van der Waals surface area contributed by atoms with Crippen LogP contribution in [0.3, 0.4) is 0 Å². The summed E-state index contributed by atoms with van der Waals surface area (Å²) < 4.78 is 4.90. The number of aryl methyl sites for hydroxylation is 2. The van der Waals surface area contributed by atoms with Crippen LogP contribution in [0.4, 0.5) is 4.79 Å². The lowest BCUT2D eigenvalue weighted by molar-refractivity contribution is 0.105. The summed E-state index contributed by atoms with van der Waals surface area (Å²) in [6, 6.07) is 2.98. The molecule has 25 heavy (non-hydrogen) atoms. The molecule has 0 spiro atoms. The summed E-state index contributed by atoms with van der Waals surface area (Å²) in [7, 11) is 3.14. The molecule has 0 aromatic carbocycles. The Bertz CT molecular complexity index is 552. The summed E-state index contributed by atoms with van der Waals surface area (Å²) in [6.07, 6.45) is 1.19. The van der Waals surface area contributed by atoms with Crippen LogP contribution in [-0.2, 0) is 4.74 Å². The van der Waals surface area contributed by atoms with Crippen LogP contribution in [0.15, 0.2) is 12.3 Å². The summed E-state index contributed by atoms with van der Waals surface area (Å²) in [4.78, 5) is 20.4. The zero-order chi connectivity index (χ0) is 19.1. The van der Waals surface area contributed by atoms with E-state index in [1.54, 1.807) is 11.9 Å². The third kappa shape index (κ3) is 5.97. The maximum Gasteiger partial charge on any atom is 0.410 e. The van der Waals surface area contributed by atoms with Gasteiger partial charge in [0.25, 0.3) is 0 Å². The second kappa shape index (κ2) is 9.73. The molecule has 1 N–H and O–H groups in total. The Morgan fingerprint density at radius 1 is 1.24 bits per heavy atom. The fourth-order valence-corrected chi connectivity index (χ4v) is 3.14. The fourth-order valence-electron chi connectivity index (χ4n) is 3.14. The summed E-state index contributed by atoms with van der Waals surface area (Å²) in [5.74, 6) is 0. The van der Waals surface area contributed by atoms with Crippen molar-refractivity contribution in [2.45, 2.75) is 59.8 Å². The van der Waals surface area contributed by atoms with E-state index in [4.69, 9.17) is 4.74 Å². The quantitative estimate of drug-likeness (QED) is 0.730. The van der Waals surface area contributed by atoms with Gasteiger partial charge in [0.15, 0.2) is 0 Å². The fraction of sp³-hybridized carbons (Fsp3) is 0.684. The Morgan fingerprint density at radius 3 is 2.32 bits per heavy atom. The van der Waals surface area contributed by atoms with E-state index in [0.717, 1.165) is 29.9 Å². The summed E-state index contributed by atoms with van der Waals surface area (Å²) >= 11 is 0. The lowest BCUT2D eigenvalue weighted by atomic mass is 10.1. The van der Waals surface area contributed by atoms with Gasteiger partial charge in [-0.1, -0.05) is 0 Å². The molecule has 6 heteroatoms. The molecule has 0 saturated heterocycles. The van der Waals surface area contributed by atoms with Gasteiger partial charge in [0.05, 0.1) is 7.11 Å². The standard InChI is InChI=1S/C19H34N4O2/c1-13(2)23(14(3)4)10-9-20-18(22(7)19(24)25-8)17-12-21-16(6)11-15(17)5/h11-14,18,20H,9-10H2,1-8H3. The molecule has 0 aliphatic rings. The van der Waals surface area contributed by atoms with E-state index in [9.17, 15) is 4.79 Å². The molecular formula is C19H34N4O2. The molecule has 0 aliphatic carbocycles. The second-order valence-electron chi connectivity index (χ2n) is 7.05. The molecular weight excluding hydrogens is 316 g/mol. The Morgan fingerprint density at radius 2 is 1.84 bits per heavy atom. The van der Waals surface area contributed by atoms with Crippen LogP contribution in [0.5, 0.6) is 0 Å². The van der Waals surface area contributed by atoms with Gasteiger partial charge in [0.2, 0.25) is 0 Å². The summed E-state index contributed by atoms with van der Waals surface area (Å²) in [5.41, 5.74) is 3.05. The van der Waals surface area contributed by atoms with E-state index in [1.165, 1.54) is 7.11 Å². The van der Waals surface area contributed by atoms with Crippen molar-refractivity contribution in [3.05, 3.63) is 29.1 Å². The first-order valence-corrected chi connectivity index (χ1v) is 8.92. The van der Waals surface area contributed by atoms with Crippen LogP contribution < -0.4 is 5.32 Å². The van der Waals surface area contributed by atoms with E-state index in [0.29, 0.717) is 12.1 Å². The Balaban J connectivity index is 2.94. The van der Waals surface area contributed by atoms with Gasteiger partial charge in [-0.3, -0.25) is 20.1 Å². The highest BCUT2D eigenvalue weighted by Gasteiger charge is 2.24. The molecule has 0 aliphatic heterocycles. The smallest absolute Gasteiger partial charge is 0.410 e. The number of carbonyl (C=O) groups excluding carboxylic acids is 1. The van der Waals surface area contributed by atoms with Crippen LogP contribution in [0.1, 0.15) is 50.7 Å². The average Bonchev–Trinajstić information content (AvgIpc) is 2.53. The topological polar surface area (TPSA) is 57.7 Å². The van der Waals surface area contributed by atoms with Crippen LogP contribution in [0.2, 0.25) is 0 Å². The van der Waals surface area contributed by atoms with Gasteiger partial charge in [0.1, 0.15) is 6.17 Å². The van der Waals surface area contributed by atoms with Gasteiger partial charge in [-0.05, 0) is 53.2 Å². The molecule has 6 nitrogen and oxygen atoms in total. The summed E-state index contributed by atoms with van der Waals surface area (Å²) in [6.45, 7) is 14.5. The number of ether oxygens (including phenoxy) is 1. The lowest BCUT2D eigenvalue weighted by Gasteiger charge is -2.33. The average molecular weight is 351 g/mol. The molecule has 1 aromatic rings. The van der Waals surface area contributed by atoms with Crippen LogP contribution in [-0.4, -0.2) is 60.2 Å². The minimum atomic E-state index is -0.373. The number of hydrogen-bond acceptors (Lipinski definition) is 5. The zero-order valence-electron chi connectivity index (χ0n) is 17.0. The van der Waals surface area contributed by atoms with Crippen LogP contribution >= 0.6 is 0 Å². The third-order valence-corrected chi connectivity index (χ3v) is 4.47. The van der Waals surface area contributed by atoms with Crippen molar-refractivity contribution in [3.63, 3.8) is 0 Å². The van der Waals surface area contributed by atoms with E-state index in [-0.39, 0.29) is 12.3 Å². The third-order valence-electron chi connectivity index (χ3n) is 4.47. The molecule has 142 valence electrons. The molecule has 0 bridgehead atoms. The number of aromatic nitrogens is 1. The van der Waals surface area contributed by atoms with Gasteiger partial charge in [-0.25, -0.2) is 4.79 Å². The maximum absolute atomic E-state index is 12.1. The maximum atomic E-state index is 12.1. The highest BCUT2D eigenvalue weighted by atomic mass is 16.5. The van der Waals surface area contributed by atoms with Crippen molar-refractivity contribution in [1.82, 2.24) is 20.1 Å². The number of nitrogens with one attached hydrogen (secondary N) is 1. The molecule has 1 atom stereocenters. The van der Waals surface area contributed by atoms with Crippen molar-refractivity contribution in [2.75, 3.05) is 27.2 Å². The first-order chi connectivity index (χ1) is 11.7. The first kappa shape index (κ1) is 21.4. The summed E-state index contributed by atoms with van der Waals surface area (Å²) in [5, 5.41) is 3.49. The Kier molecular flexibility index (Phi) is 8.32. The SMILES string of the molecule is COC(=O)N(C)C(NCCN(C(C)C)C(C)C)c1cnc(C)cc1C. The van der Waals surface area contributed by atoms with E-state index < -0.39 is 0 Å². The number of rotatable bonds is 8. The molecule has 1 heterocycles. The molecule has 0 saturated carbocycles. The number of pyridine rings is 1. The molecule has 1 aromatic heterocycles. The highest BCUT2D eigenvalue weighted by Crippen LogP contribution is 2.21. The number of hydrogen-bond donors (Lipinski definition) is 1. The van der Waals surface area contributed by atoms with Crippen molar-refractivity contribution in [3.8, 4) is 0 Å². The number of methoxy groups -OCH3 is 1. The number of carbonyl (C=O) groups is 1. The minimum Gasteiger partial charge on any atom is -0.453 e. The van der Waals surface area contributed by atoms with Crippen molar-refractivity contribution in [1.29, 1.82) is 0 Å². The van der Waals surface area contributed by atoms with Gasteiger partial charge < -0.3 is 4.74 Å². The van der Waals surface area contributed by atoms with Crippen LogP contribution in [0, 0.1) is 13.8 Å². The van der Waals surface area contributed by atoms with E-state index in [2.05, 4.69) is 42.9 Å². The zero-order valence-corrected chi connectivity index (χ0v) is 17.0. The monoisotopic (exact) mass is 350 g/mol. The van der Waals surface area contributed by atoms with Gasteiger partial charge in [-0.15, -0.1) is 0 Å². The Labute approximate surface area is 152 Å². The Hall–Kier alpha value is -1.66. The minimum absolute atomic E-state index is 0.276. The number of nitrogens with zero attached hydrogens (tertiary/aromatic N) is 3. The predicted molar refractivity (Wildman–Crippen MR) is 102 cm³/mol. The molecule has 0 fully saturated rings. The van der Waals surface area contributed by atoms with Gasteiger partial charge in [-0.2, -0.15) is 0 Å². The second-order valence-corrected chi connectivity index (χ2v) is 7.05. The lowest BCUT2D eigenvalue weighted by Crippen LogP contribution is -2.45. The normalized spacial score (nSPS) is 12.8. The van der Waals surface area contributed by atoms with Crippen molar-refractivity contribution in [2.24, 2.45) is 0 Å². The van der Waals surface area contributed by atoms with Gasteiger partial charge in [0, 0.05) is 49.7 Å². The highest BCUT2D eigenvalue weighted by molar-refractivity contribution is 5.67. The largest absolute Gasteiger partial charge is 0.453 e. The molecule has 1 unspecified atom stereocenters. The van der Waals surface area contributed by atoms with E-state index in [1.807, 2.05) is 26.1 Å². The van der Waals surface area contributed by atoms with Crippen LogP contribution in [0.25, 0.3) is 0 Å². The number of amides is 1. The van der Waals surface area contributed by atoms with Crippen molar-refractivity contribution >= 4 is 6.09 Å². The van der Waals surface area contributed by atoms with E-state index >= 15 is 0 Å². The molecule has 1 rings (SSSR count). The molecule has 1 amide bonds. The predicted octanol–water partition coefficient (Wildman–Crippen LogP) is 3.10. The first-order valence-electron chi connectivity index (χ1n) is 8.92. The van der Waals surface area contributed by atoms with Crippen molar-refractivity contribution < 1.29 is 9.53 Å². The molecule has 0 radical (unpaired) electrons.